The van der Waals surface area contributed by atoms with Crippen molar-refractivity contribution >= 4 is 51.2 Å². The molecule has 2 atom stereocenters. The Labute approximate surface area is 206 Å². The van der Waals surface area contributed by atoms with E-state index in [9.17, 15) is 9.59 Å². The molecule has 9 heteroatoms. The van der Waals surface area contributed by atoms with E-state index >= 15 is 0 Å². The van der Waals surface area contributed by atoms with Gasteiger partial charge < -0.3 is 15.0 Å². The van der Waals surface area contributed by atoms with Crippen LogP contribution in [0, 0.1) is 0 Å². The van der Waals surface area contributed by atoms with Crippen molar-refractivity contribution in [1.82, 2.24) is 15.2 Å². The third-order valence-corrected chi connectivity index (χ3v) is 7.46. The first-order chi connectivity index (χ1) is 17.2. The number of rotatable bonds is 6. The van der Waals surface area contributed by atoms with Gasteiger partial charge in [-0.25, -0.2) is 9.89 Å². The largest absolute Gasteiger partial charge is 0.376 e. The van der Waals surface area contributed by atoms with Crippen LogP contribution in [0.1, 0.15) is 24.0 Å². The van der Waals surface area contributed by atoms with E-state index in [0.29, 0.717) is 24.0 Å². The number of nitrogens with one attached hydrogen (secondary N) is 2. The molecule has 1 saturated heterocycles. The molecule has 0 radical (unpaired) electrons. The lowest BCUT2D eigenvalue weighted by molar-refractivity contribution is -0.124. The fourth-order valence-corrected chi connectivity index (χ4v) is 5.59. The smallest absolute Gasteiger partial charge is 0.259 e. The van der Waals surface area contributed by atoms with Crippen LogP contribution in [0.3, 0.4) is 0 Å². The molecule has 4 heterocycles. The van der Waals surface area contributed by atoms with Crippen LogP contribution in [0.25, 0.3) is 10.9 Å². The summed E-state index contributed by atoms with van der Waals surface area (Å²) in [5.74, 6) is 0.545. The molecule has 0 unspecified atom stereocenters. The molecular formula is C26H25N5O3S. The minimum Gasteiger partial charge on any atom is -0.376 e. The molecule has 1 aromatic heterocycles. The number of fused-ring (bicyclic) bond motifs is 4. The number of aliphatic imine (C=N–C) groups is 2. The lowest BCUT2D eigenvalue weighted by Gasteiger charge is -2.25. The van der Waals surface area contributed by atoms with Crippen LogP contribution in [0.15, 0.2) is 64.7 Å². The molecule has 178 valence electrons. The van der Waals surface area contributed by atoms with Crippen LogP contribution >= 0.6 is 11.8 Å². The summed E-state index contributed by atoms with van der Waals surface area (Å²) in [6.07, 6.45) is 4.53. The van der Waals surface area contributed by atoms with Gasteiger partial charge in [-0.3, -0.25) is 14.6 Å². The highest BCUT2D eigenvalue weighted by Crippen LogP contribution is 2.34. The molecule has 2 amide bonds. The van der Waals surface area contributed by atoms with Crippen LogP contribution in [-0.4, -0.2) is 63.8 Å². The van der Waals surface area contributed by atoms with E-state index in [2.05, 4.69) is 10.3 Å². The van der Waals surface area contributed by atoms with Crippen molar-refractivity contribution in [2.24, 2.45) is 9.98 Å². The maximum atomic E-state index is 13.6. The second-order valence-corrected chi connectivity index (χ2v) is 9.79. The summed E-state index contributed by atoms with van der Waals surface area (Å²) in [7, 11) is 0. The number of thioether (sulfide) groups is 1. The molecule has 8 nitrogen and oxygen atoms in total. The highest BCUT2D eigenvalue weighted by Gasteiger charge is 2.41. The number of para-hydroxylation sites is 2. The van der Waals surface area contributed by atoms with Crippen molar-refractivity contribution in [3.63, 3.8) is 0 Å². The Morgan fingerprint density at radius 1 is 1.20 bits per heavy atom. The van der Waals surface area contributed by atoms with Crippen molar-refractivity contribution in [1.29, 1.82) is 0 Å². The second kappa shape index (κ2) is 9.31. The number of hydrogen-bond donors (Lipinski definition) is 2. The molecule has 2 N–H and O–H groups in total. The van der Waals surface area contributed by atoms with Gasteiger partial charge in [-0.1, -0.05) is 42.1 Å². The van der Waals surface area contributed by atoms with Gasteiger partial charge in [-0.2, -0.15) is 0 Å². The first-order valence-corrected chi connectivity index (χ1v) is 12.8. The van der Waals surface area contributed by atoms with E-state index in [4.69, 9.17) is 14.7 Å². The van der Waals surface area contributed by atoms with Gasteiger partial charge in [0.25, 0.3) is 5.91 Å². The first kappa shape index (κ1) is 22.1. The fourth-order valence-electron chi connectivity index (χ4n) is 4.75. The summed E-state index contributed by atoms with van der Waals surface area (Å²) in [6.45, 7) is 1.27. The summed E-state index contributed by atoms with van der Waals surface area (Å²) in [6, 6.07) is 15.2. The summed E-state index contributed by atoms with van der Waals surface area (Å²) in [5.41, 5.74) is 3.67. The third kappa shape index (κ3) is 4.26. The Bertz CT molecular complexity index is 1360. The van der Waals surface area contributed by atoms with Crippen LogP contribution < -0.4 is 5.32 Å². The molecule has 6 rings (SSSR count). The average molecular weight is 488 g/mol. The number of amidine groups is 2. The minimum atomic E-state index is -0.547. The molecule has 0 bridgehead atoms. The number of benzene rings is 2. The van der Waals surface area contributed by atoms with Gasteiger partial charge >= 0.3 is 0 Å². The standard InChI is InChI=1S/C26H25N5O3S/c32-23(28-14-17-6-5-11-34-17)15-35-26-30-21-10-4-2-8-19(21)24-29-22(25(33)31(24)26)12-16-13-27-20-9-3-1-7-18(16)20/h1-4,7-10,13,17,22,27H,5-6,11-12,14-15H2,(H,28,32)/t17-,22+/m0/s1. The van der Waals surface area contributed by atoms with Gasteiger partial charge in [-0.15, -0.1) is 0 Å². The highest BCUT2D eigenvalue weighted by molar-refractivity contribution is 8.14. The van der Waals surface area contributed by atoms with Crippen molar-refractivity contribution < 1.29 is 14.3 Å². The van der Waals surface area contributed by atoms with Crippen LogP contribution in [0.2, 0.25) is 0 Å². The van der Waals surface area contributed by atoms with Crippen molar-refractivity contribution in [2.45, 2.75) is 31.4 Å². The van der Waals surface area contributed by atoms with Crippen molar-refractivity contribution in [3.8, 4) is 0 Å². The molecular weight excluding hydrogens is 462 g/mol. The summed E-state index contributed by atoms with van der Waals surface area (Å²) in [5, 5.41) is 4.51. The zero-order valence-electron chi connectivity index (χ0n) is 19.1. The Morgan fingerprint density at radius 2 is 2.06 bits per heavy atom. The molecule has 3 aliphatic heterocycles. The van der Waals surface area contributed by atoms with Crippen LogP contribution in [-0.2, 0) is 20.7 Å². The van der Waals surface area contributed by atoms with E-state index in [1.807, 2.05) is 54.7 Å². The van der Waals surface area contributed by atoms with E-state index < -0.39 is 6.04 Å². The van der Waals surface area contributed by atoms with Gasteiger partial charge in [0.15, 0.2) is 5.17 Å². The summed E-state index contributed by atoms with van der Waals surface area (Å²) < 4.78 is 5.57. The number of carbonyl (C=O) groups is 2. The fraction of sp³-hybridized carbons (Fsp3) is 0.308. The Balaban J connectivity index is 1.21. The van der Waals surface area contributed by atoms with E-state index in [-0.39, 0.29) is 23.7 Å². The van der Waals surface area contributed by atoms with Gasteiger partial charge in [0.1, 0.15) is 11.9 Å². The first-order valence-electron chi connectivity index (χ1n) is 11.8. The van der Waals surface area contributed by atoms with Gasteiger partial charge in [0.2, 0.25) is 5.91 Å². The van der Waals surface area contributed by atoms with E-state index in [0.717, 1.165) is 47.2 Å². The van der Waals surface area contributed by atoms with Gasteiger partial charge in [-0.05, 0) is 36.6 Å². The monoisotopic (exact) mass is 487 g/mol. The number of carbonyl (C=O) groups excluding carboxylic acids is 2. The van der Waals surface area contributed by atoms with Crippen LogP contribution in [0.4, 0.5) is 5.69 Å². The maximum absolute atomic E-state index is 13.6. The predicted molar refractivity (Wildman–Crippen MR) is 137 cm³/mol. The predicted octanol–water partition coefficient (Wildman–Crippen LogP) is 3.40. The maximum Gasteiger partial charge on any atom is 0.259 e. The van der Waals surface area contributed by atoms with Crippen molar-refractivity contribution in [3.05, 3.63) is 65.9 Å². The number of aromatic nitrogens is 1. The lowest BCUT2D eigenvalue weighted by Crippen LogP contribution is -2.42. The number of H-pyrrole nitrogens is 1. The van der Waals surface area contributed by atoms with E-state index in [1.54, 1.807) is 4.90 Å². The number of aromatic amines is 1. The topological polar surface area (TPSA) is 99.2 Å². The van der Waals surface area contributed by atoms with Gasteiger partial charge in [0, 0.05) is 42.2 Å². The van der Waals surface area contributed by atoms with Gasteiger partial charge in [0.05, 0.1) is 17.5 Å². The zero-order valence-corrected chi connectivity index (χ0v) is 19.9. The number of ether oxygens (including phenoxy) is 1. The Morgan fingerprint density at radius 3 is 2.94 bits per heavy atom. The molecule has 3 aromatic rings. The summed E-state index contributed by atoms with van der Waals surface area (Å²) in [4.78, 5) is 40.5. The van der Waals surface area contributed by atoms with Crippen molar-refractivity contribution in [2.75, 3.05) is 18.9 Å². The highest BCUT2D eigenvalue weighted by atomic mass is 32.2. The molecule has 1 fully saturated rings. The normalized spacial score (nSPS) is 21.0. The Kier molecular flexibility index (Phi) is 5.87. The minimum absolute atomic E-state index is 0.0898. The molecule has 0 saturated carbocycles. The van der Waals surface area contributed by atoms with E-state index in [1.165, 1.54) is 11.8 Å². The number of hydrogen-bond acceptors (Lipinski definition) is 6. The average Bonchev–Trinajstić information content (AvgIpc) is 3.62. The Hall–Kier alpha value is -3.43. The number of nitrogens with zero attached hydrogens (tertiary/aromatic N) is 3. The summed E-state index contributed by atoms with van der Waals surface area (Å²) >= 11 is 1.26. The molecule has 3 aliphatic rings. The number of amides is 2. The molecule has 35 heavy (non-hydrogen) atoms. The third-order valence-electron chi connectivity index (χ3n) is 6.52. The molecule has 0 spiro atoms. The second-order valence-electron chi connectivity index (χ2n) is 8.85. The van der Waals surface area contributed by atoms with Crippen LogP contribution in [0.5, 0.6) is 0 Å². The zero-order chi connectivity index (χ0) is 23.8. The molecule has 2 aromatic carbocycles. The SMILES string of the molecule is O=C(CSC1=Nc2ccccc2C2=N[C@H](Cc3c[nH]c4ccccc34)C(=O)N12)NC[C@@H]1CCCO1. The molecule has 0 aliphatic carbocycles. The quantitative estimate of drug-likeness (QED) is 0.557. The lowest BCUT2D eigenvalue weighted by atomic mass is 10.1.